The van der Waals surface area contributed by atoms with Gasteiger partial charge in [-0.25, -0.2) is 0 Å². The third-order valence-electron chi connectivity index (χ3n) is 2.71. The van der Waals surface area contributed by atoms with Gasteiger partial charge in [0.15, 0.2) is 5.69 Å². The quantitative estimate of drug-likeness (QED) is 0.794. The van der Waals surface area contributed by atoms with Gasteiger partial charge in [-0.05, 0) is 5.92 Å². The standard InChI is InChI=1S/C11H18N4O2/c1-8(2)7-14-4-5-15-10(11(14)16)9(6-12-15)13-17-3/h6,8,13H,4-5,7H2,1-3H3. The summed E-state index contributed by atoms with van der Waals surface area (Å²) >= 11 is 0. The van der Waals surface area contributed by atoms with Crippen LogP contribution in [-0.4, -0.2) is 40.8 Å². The zero-order valence-electron chi connectivity index (χ0n) is 10.4. The van der Waals surface area contributed by atoms with Crippen LogP contribution in [-0.2, 0) is 11.4 Å². The summed E-state index contributed by atoms with van der Waals surface area (Å²) < 4.78 is 1.72. The maximum Gasteiger partial charge on any atom is 0.274 e. The van der Waals surface area contributed by atoms with Gasteiger partial charge in [0.1, 0.15) is 5.69 Å². The van der Waals surface area contributed by atoms with Gasteiger partial charge >= 0.3 is 0 Å². The van der Waals surface area contributed by atoms with Crippen molar-refractivity contribution < 1.29 is 9.63 Å². The van der Waals surface area contributed by atoms with E-state index in [1.807, 2.05) is 4.90 Å². The molecule has 1 aliphatic rings. The Morgan fingerprint density at radius 1 is 1.53 bits per heavy atom. The summed E-state index contributed by atoms with van der Waals surface area (Å²) in [6.07, 6.45) is 1.62. The Morgan fingerprint density at radius 2 is 2.29 bits per heavy atom. The van der Waals surface area contributed by atoms with Crippen molar-refractivity contribution in [2.45, 2.75) is 20.4 Å². The zero-order chi connectivity index (χ0) is 12.4. The van der Waals surface area contributed by atoms with E-state index in [0.29, 0.717) is 17.3 Å². The van der Waals surface area contributed by atoms with Gasteiger partial charge in [0.2, 0.25) is 0 Å². The minimum Gasteiger partial charge on any atom is -0.335 e. The van der Waals surface area contributed by atoms with Crippen LogP contribution in [0.15, 0.2) is 6.20 Å². The highest BCUT2D eigenvalue weighted by atomic mass is 16.6. The maximum atomic E-state index is 12.3. The Balaban J connectivity index is 2.23. The fourth-order valence-corrected chi connectivity index (χ4v) is 2.05. The number of carbonyl (C=O) groups excluding carboxylic acids is 1. The van der Waals surface area contributed by atoms with Crippen LogP contribution in [0, 0.1) is 5.92 Å². The third kappa shape index (κ3) is 2.26. The molecule has 1 aliphatic heterocycles. The molecular weight excluding hydrogens is 220 g/mol. The summed E-state index contributed by atoms with van der Waals surface area (Å²) in [6.45, 7) is 6.44. The highest BCUT2D eigenvalue weighted by Gasteiger charge is 2.28. The molecule has 17 heavy (non-hydrogen) atoms. The van der Waals surface area contributed by atoms with Crippen LogP contribution in [0.5, 0.6) is 0 Å². The first-order chi connectivity index (χ1) is 8.13. The van der Waals surface area contributed by atoms with Crippen molar-refractivity contribution in [2.24, 2.45) is 5.92 Å². The molecule has 2 heterocycles. The van der Waals surface area contributed by atoms with Crippen molar-refractivity contribution in [1.82, 2.24) is 14.7 Å². The van der Waals surface area contributed by atoms with Crippen molar-refractivity contribution in [1.29, 1.82) is 0 Å². The SMILES string of the molecule is CONc1cnn2c1C(=O)N(CC(C)C)CC2. The van der Waals surface area contributed by atoms with E-state index in [9.17, 15) is 4.79 Å². The average molecular weight is 238 g/mol. The Labute approximate surface area is 100 Å². The fourth-order valence-electron chi connectivity index (χ4n) is 2.05. The minimum absolute atomic E-state index is 0.0157. The van der Waals surface area contributed by atoms with E-state index < -0.39 is 0 Å². The molecule has 1 N–H and O–H groups in total. The second-order valence-corrected chi connectivity index (χ2v) is 4.58. The lowest BCUT2D eigenvalue weighted by molar-refractivity contribution is 0.0676. The first-order valence-electron chi connectivity index (χ1n) is 5.77. The van der Waals surface area contributed by atoms with E-state index in [1.54, 1.807) is 10.9 Å². The highest BCUT2D eigenvalue weighted by molar-refractivity contribution is 5.98. The number of amides is 1. The van der Waals surface area contributed by atoms with Crippen LogP contribution in [0.25, 0.3) is 0 Å². The maximum absolute atomic E-state index is 12.3. The lowest BCUT2D eigenvalue weighted by Crippen LogP contribution is -2.42. The van der Waals surface area contributed by atoms with Crippen molar-refractivity contribution in [3.63, 3.8) is 0 Å². The van der Waals surface area contributed by atoms with Crippen LogP contribution in [0.1, 0.15) is 24.3 Å². The second-order valence-electron chi connectivity index (χ2n) is 4.58. The molecule has 0 saturated heterocycles. The molecule has 0 radical (unpaired) electrons. The summed E-state index contributed by atoms with van der Waals surface area (Å²) in [5.74, 6) is 0.481. The molecule has 2 rings (SSSR count). The average Bonchev–Trinajstić information content (AvgIpc) is 2.66. The summed E-state index contributed by atoms with van der Waals surface area (Å²) in [6, 6.07) is 0. The molecular formula is C11H18N4O2. The van der Waals surface area contributed by atoms with Crippen LogP contribution in [0.2, 0.25) is 0 Å². The van der Waals surface area contributed by atoms with Gasteiger partial charge in [0.25, 0.3) is 5.91 Å². The molecule has 0 aliphatic carbocycles. The van der Waals surface area contributed by atoms with Gasteiger partial charge < -0.3 is 4.90 Å². The van der Waals surface area contributed by atoms with Gasteiger partial charge in [-0.3, -0.25) is 19.8 Å². The first-order valence-corrected chi connectivity index (χ1v) is 5.77. The summed E-state index contributed by atoms with van der Waals surface area (Å²) in [4.78, 5) is 19.0. The van der Waals surface area contributed by atoms with Crippen LogP contribution < -0.4 is 5.48 Å². The Kier molecular flexibility index (Phi) is 3.33. The lowest BCUT2D eigenvalue weighted by Gasteiger charge is -2.29. The summed E-state index contributed by atoms with van der Waals surface area (Å²) in [7, 11) is 1.52. The minimum atomic E-state index is 0.0157. The summed E-state index contributed by atoms with van der Waals surface area (Å²) in [5.41, 5.74) is 3.90. The molecule has 0 saturated carbocycles. The summed E-state index contributed by atoms with van der Waals surface area (Å²) in [5, 5.41) is 4.17. The predicted molar refractivity (Wildman–Crippen MR) is 63.6 cm³/mol. The van der Waals surface area contributed by atoms with Crippen molar-refractivity contribution >= 4 is 11.6 Å². The largest absolute Gasteiger partial charge is 0.335 e. The van der Waals surface area contributed by atoms with E-state index in [4.69, 9.17) is 4.84 Å². The Bertz CT molecular complexity index is 414. The van der Waals surface area contributed by atoms with Gasteiger partial charge in [-0.15, -0.1) is 0 Å². The van der Waals surface area contributed by atoms with Crippen molar-refractivity contribution in [3.8, 4) is 0 Å². The van der Waals surface area contributed by atoms with E-state index >= 15 is 0 Å². The highest BCUT2D eigenvalue weighted by Crippen LogP contribution is 2.21. The number of carbonyl (C=O) groups is 1. The van der Waals surface area contributed by atoms with Gasteiger partial charge in [-0.2, -0.15) is 5.10 Å². The van der Waals surface area contributed by atoms with Gasteiger partial charge in [0.05, 0.1) is 19.9 Å². The fraction of sp³-hybridized carbons (Fsp3) is 0.636. The number of anilines is 1. The van der Waals surface area contributed by atoms with E-state index in [-0.39, 0.29) is 5.91 Å². The van der Waals surface area contributed by atoms with E-state index in [2.05, 4.69) is 24.4 Å². The van der Waals surface area contributed by atoms with E-state index in [1.165, 1.54) is 7.11 Å². The molecule has 94 valence electrons. The predicted octanol–water partition coefficient (Wildman–Crippen LogP) is 0.968. The number of hydrogen-bond acceptors (Lipinski definition) is 4. The van der Waals surface area contributed by atoms with Crippen molar-refractivity contribution in [3.05, 3.63) is 11.9 Å². The first kappa shape index (κ1) is 11.9. The lowest BCUT2D eigenvalue weighted by atomic mass is 10.1. The molecule has 0 spiro atoms. The molecule has 0 aromatic carbocycles. The monoisotopic (exact) mass is 238 g/mol. The molecule has 1 aromatic rings. The smallest absolute Gasteiger partial charge is 0.274 e. The van der Waals surface area contributed by atoms with Crippen LogP contribution in [0.4, 0.5) is 5.69 Å². The number of nitrogens with zero attached hydrogens (tertiary/aromatic N) is 3. The second kappa shape index (κ2) is 4.75. The normalized spacial score (nSPS) is 15.3. The van der Waals surface area contributed by atoms with Crippen LogP contribution >= 0.6 is 0 Å². The number of nitrogens with one attached hydrogen (secondary N) is 1. The Morgan fingerprint density at radius 3 is 2.94 bits per heavy atom. The molecule has 0 bridgehead atoms. The molecule has 1 amide bonds. The molecule has 6 nitrogen and oxygen atoms in total. The van der Waals surface area contributed by atoms with Gasteiger partial charge in [-0.1, -0.05) is 13.8 Å². The molecule has 0 unspecified atom stereocenters. The van der Waals surface area contributed by atoms with E-state index in [0.717, 1.165) is 19.6 Å². The van der Waals surface area contributed by atoms with Gasteiger partial charge in [0, 0.05) is 13.1 Å². The topological polar surface area (TPSA) is 59.4 Å². The number of hydrogen-bond donors (Lipinski definition) is 1. The Hall–Kier alpha value is -1.56. The third-order valence-corrected chi connectivity index (χ3v) is 2.71. The number of aromatic nitrogens is 2. The molecule has 0 fully saturated rings. The number of rotatable bonds is 4. The molecule has 1 aromatic heterocycles. The van der Waals surface area contributed by atoms with Crippen LogP contribution in [0.3, 0.4) is 0 Å². The van der Waals surface area contributed by atoms with Crippen molar-refractivity contribution in [2.75, 3.05) is 25.7 Å². The molecule has 0 atom stereocenters. The number of fused-ring (bicyclic) bond motifs is 1. The zero-order valence-corrected chi connectivity index (χ0v) is 10.4. The molecule has 6 heteroatoms.